The van der Waals surface area contributed by atoms with Crippen LogP contribution < -0.4 is 5.32 Å². The van der Waals surface area contributed by atoms with E-state index in [1.54, 1.807) is 0 Å². The van der Waals surface area contributed by atoms with Crippen LogP contribution >= 0.6 is 11.3 Å². The first-order valence-corrected chi connectivity index (χ1v) is 12.0. The molecule has 1 aromatic carbocycles. The van der Waals surface area contributed by atoms with Crippen LogP contribution in [-0.4, -0.2) is 38.9 Å². The summed E-state index contributed by atoms with van der Waals surface area (Å²) in [6.07, 6.45) is 6.29. The Bertz CT molecular complexity index is 1050. The molecule has 0 spiro atoms. The number of fused-ring (bicyclic) bond motifs is 1. The monoisotopic (exact) mass is 450 g/mol. The lowest BCUT2D eigenvalue weighted by Gasteiger charge is -2.38. The van der Waals surface area contributed by atoms with Gasteiger partial charge in [-0.2, -0.15) is 0 Å². The molecule has 1 saturated heterocycles. The molecular weight excluding hydrogens is 424 g/mol. The van der Waals surface area contributed by atoms with E-state index in [-0.39, 0.29) is 47.8 Å². The van der Waals surface area contributed by atoms with E-state index < -0.39 is 11.9 Å². The minimum Gasteiger partial charge on any atom is -0.299 e. The van der Waals surface area contributed by atoms with Crippen molar-refractivity contribution in [2.75, 3.05) is 5.32 Å². The maximum Gasteiger partial charge on any atom is 0.249 e. The summed E-state index contributed by atoms with van der Waals surface area (Å²) in [6.45, 7) is 4.02. The first-order chi connectivity index (χ1) is 15.4. The Kier molecular flexibility index (Phi) is 5.41. The fraction of sp³-hybridized carbons (Fsp3) is 0.458. The van der Waals surface area contributed by atoms with E-state index in [1.165, 1.54) is 16.2 Å². The third-order valence-electron chi connectivity index (χ3n) is 6.84. The SMILES string of the molecule is CC(C)c1nnc(NC(=O)[C@H](Cc2ccccc2)N2C(=O)[C@H]3[C@H](C2=O)[C@H]2C=C[C@H]3CC2)s1. The molecule has 4 aliphatic rings. The van der Waals surface area contributed by atoms with Gasteiger partial charge in [0.2, 0.25) is 22.9 Å². The van der Waals surface area contributed by atoms with Gasteiger partial charge in [-0.05, 0) is 30.2 Å². The van der Waals surface area contributed by atoms with E-state index in [0.717, 1.165) is 23.4 Å². The van der Waals surface area contributed by atoms with Crippen molar-refractivity contribution in [1.82, 2.24) is 15.1 Å². The first-order valence-electron chi connectivity index (χ1n) is 11.2. The average Bonchev–Trinajstić information content (AvgIpc) is 3.38. The average molecular weight is 451 g/mol. The summed E-state index contributed by atoms with van der Waals surface area (Å²) in [7, 11) is 0. The Morgan fingerprint density at radius 1 is 1.06 bits per heavy atom. The molecule has 5 atom stereocenters. The number of benzene rings is 1. The lowest BCUT2D eigenvalue weighted by atomic mass is 9.63. The standard InChI is InChI=1S/C24H26N4O3S/c1-13(2)21-26-27-24(32-21)25-20(29)17(12-14-6-4-3-5-7-14)28-22(30)18-15-8-9-16(11-10-15)19(18)23(28)31/h3-9,13,15-19H,10-12H2,1-2H3,(H,25,27,29)/t15-,16-,17-,18+,19+/m0/s1. The molecule has 7 nitrogen and oxygen atoms in total. The lowest BCUT2D eigenvalue weighted by molar-refractivity contribution is -0.146. The fourth-order valence-electron chi connectivity index (χ4n) is 5.25. The van der Waals surface area contributed by atoms with Crippen molar-refractivity contribution >= 4 is 34.2 Å². The number of carbonyl (C=O) groups is 3. The summed E-state index contributed by atoms with van der Waals surface area (Å²) in [5.74, 6) is -1.14. The van der Waals surface area contributed by atoms with Crippen LogP contribution in [0.1, 0.15) is 43.2 Å². The van der Waals surface area contributed by atoms with Gasteiger partial charge in [0.05, 0.1) is 11.8 Å². The zero-order chi connectivity index (χ0) is 22.4. The summed E-state index contributed by atoms with van der Waals surface area (Å²) in [6, 6.07) is 8.57. The Morgan fingerprint density at radius 3 is 2.22 bits per heavy atom. The minimum absolute atomic E-state index is 0.0867. The van der Waals surface area contributed by atoms with Crippen molar-refractivity contribution in [3.05, 3.63) is 53.1 Å². The number of anilines is 1. The minimum atomic E-state index is -0.922. The number of allylic oxidation sites excluding steroid dienone is 2. The lowest BCUT2D eigenvalue weighted by Crippen LogP contribution is -2.49. The van der Waals surface area contributed by atoms with Crippen molar-refractivity contribution < 1.29 is 14.4 Å². The van der Waals surface area contributed by atoms with Gasteiger partial charge in [-0.1, -0.05) is 67.7 Å². The molecule has 32 heavy (non-hydrogen) atoms. The van der Waals surface area contributed by atoms with E-state index >= 15 is 0 Å². The van der Waals surface area contributed by atoms with E-state index in [0.29, 0.717) is 5.13 Å². The summed E-state index contributed by atoms with van der Waals surface area (Å²) in [4.78, 5) is 41.7. The van der Waals surface area contributed by atoms with Crippen molar-refractivity contribution in [1.29, 1.82) is 0 Å². The van der Waals surface area contributed by atoms with Gasteiger partial charge in [0.15, 0.2) is 0 Å². The predicted molar refractivity (Wildman–Crippen MR) is 121 cm³/mol. The molecule has 0 unspecified atom stereocenters. The summed E-state index contributed by atoms with van der Waals surface area (Å²) >= 11 is 1.32. The number of amides is 3. The molecule has 1 aromatic heterocycles. The van der Waals surface area contributed by atoms with Gasteiger partial charge in [-0.15, -0.1) is 10.2 Å². The van der Waals surface area contributed by atoms with E-state index in [9.17, 15) is 14.4 Å². The number of imide groups is 1. The fourth-order valence-corrected chi connectivity index (χ4v) is 6.00. The molecule has 2 aromatic rings. The molecule has 8 heteroatoms. The highest BCUT2D eigenvalue weighted by atomic mass is 32.1. The van der Waals surface area contributed by atoms with Crippen molar-refractivity contribution in [3.63, 3.8) is 0 Å². The first kappa shape index (κ1) is 21.0. The van der Waals surface area contributed by atoms with Gasteiger partial charge >= 0.3 is 0 Å². The molecule has 2 heterocycles. The number of nitrogens with one attached hydrogen (secondary N) is 1. The van der Waals surface area contributed by atoms with Gasteiger partial charge in [0.25, 0.3) is 0 Å². The van der Waals surface area contributed by atoms with Gasteiger partial charge in [0.1, 0.15) is 11.0 Å². The van der Waals surface area contributed by atoms with Crippen molar-refractivity contribution in [2.45, 2.75) is 45.1 Å². The van der Waals surface area contributed by atoms with Crippen LogP contribution in [0.2, 0.25) is 0 Å². The summed E-state index contributed by atoms with van der Waals surface area (Å²) < 4.78 is 0. The smallest absolute Gasteiger partial charge is 0.249 e. The maximum absolute atomic E-state index is 13.5. The second kappa shape index (κ2) is 8.24. The van der Waals surface area contributed by atoms with Gasteiger partial charge < -0.3 is 0 Å². The predicted octanol–water partition coefficient (Wildman–Crippen LogP) is 3.41. The summed E-state index contributed by atoms with van der Waals surface area (Å²) in [5, 5.41) is 12.2. The molecule has 2 bridgehead atoms. The van der Waals surface area contributed by atoms with E-state index in [4.69, 9.17) is 0 Å². The topological polar surface area (TPSA) is 92.3 Å². The number of aromatic nitrogens is 2. The second-order valence-electron chi connectivity index (χ2n) is 9.18. The molecule has 2 fully saturated rings. The van der Waals surface area contributed by atoms with Gasteiger partial charge in [-0.25, -0.2) is 0 Å². The van der Waals surface area contributed by atoms with Crippen LogP contribution in [0.25, 0.3) is 0 Å². The Hall–Kier alpha value is -2.87. The number of rotatable bonds is 6. The highest BCUT2D eigenvalue weighted by molar-refractivity contribution is 7.15. The Balaban J connectivity index is 1.45. The number of hydrogen-bond acceptors (Lipinski definition) is 6. The van der Waals surface area contributed by atoms with Gasteiger partial charge in [0, 0.05) is 12.3 Å². The van der Waals surface area contributed by atoms with Crippen molar-refractivity contribution in [3.8, 4) is 0 Å². The highest BCUT2D eigenvalue weighted by Crippen LogP contribution is 2.50. The Labute approximate surface area is 190 Å². The molecule has 1 N–H and O–H groups in total. The zero-order valence-corrected chi connectivity index (χ0v) is 18.9. The van der Waals surface area contributed by atoms with Crippen LogP contribution in [0.5, 0.6) is 0 Å². The molecule has 166 valence electrons. The molecule has 3 amide bonds. The molecule has 3 aliphatic carbocycles. The number of hydrogen-bond donors (Lipinski definition) is 1. The summed E-state index contributed by atoms with van der Waals surface area (Å²) in [5.41, 5.74) is 0.893. The third kappa shape index (κ3) is 3.56. The second-order valence-corrected chi connectivity index (χ2v) is 10.2. The molecular formula is C24H26N4O3S. The molecule has 0 radical (unpaired) electrons. The normalized spacial score (nSPS) is 27.2. The van der Waals surface area contributed by atoms with Crippen LogP contribution in [-0.2, 0) is 20.8 Å². The van der Waals surface area contributed by atoms with Crippen LogP contribution in [0.4, 0.5) is 5.13 Å². The van der Waals surface area contributed by atoms with E-state index in [1.807, 2.05) is 44.2 Å². The zero-order valence-electron chi connectivity index (χ0n) is 18.1. The third-order valence-corrected chi connectivity index (χ3v) is 7.98. The number of carbonyl (C=O) groups excluding carboxylic acids is 3. The Morgan fingerprint density at radius 2 is 1.69 bits per heavy atom. The number of nitrogens with zero attached hydrogens (tertiary/aromatic N) is 3. The van der Waals surface area contributed by atoms with Crippen LogP contribution in [0, 0.1) is 23.7 Å². The highest BCUT2D eigenvalue weighted by Gasteiger charge is 2.58. The molecule has 6 rings (SSSR count). The van der Waals surface area contributed by atoms with Crippen molar-refractivity contribution in [2.24, 2.45) is 23.7 Å². The largest absolute Gasteiger partial charge is 0.299 e. The molecule has 1 aliphatic heterocycles. The van der Waals surface area contributed by atoms with Crippen LogP contribution in [0.15, 0.2) is 42.5 Å². The van der Waals surface area contributed by atoms with Gasteiger partial charge in [-0.3, -0.25) is 24.6 Å². The number of likely N-dealkylation sites (tertiary alicyclic amines) is 1. The quantitative estimate of drug-likeness (QED) is 0.538. The van der Waals surface area contributed by atoms with E-state index in [2.05, 4.69) is 27.7 Å². The maximum atomic E-state index is 13.5. The molecule has 1 saturated carbocycles. The van der Waals surface area contributed by atoms with Crippen LogP contribution in [0.3, 0.4) is 0 Å².